The van der Waals surface area contributed by atoms with Gasteiger partial charge in [0.05, 0.1) is 0 Å². The number of carbonyl (C=O) groups excluding carboxylic acids is 1. The van der Waals surface area contributed by atoms with Crippen LogP contribution in [0.25, 0.3) is 0 Å². The molecule has 20 heavy (non-hydrogen) atoms. The first-order chi connectivity index (χ1) is 9.65. The molecule has 2 aromatic rings. The van der Waals surface area contributed by atoms with Crippen molar-refractivity contribution in [3.05, 3.63) is 59.2 Å². The molecule has 0 aliphatic rings. The van der Waals surface area contributed by atoms with E-state index in [9.17, 15) is 4.79 Å². The van der Waals surface area contributed by atoms with Gasteiger partial charge in [0.25, 0.3) is 5.91 Å². The van der Waals surface area contributed by atoms with Crippen molar-refractivity contribution in [3.8, 4) is 0 Å². The first-order valence-corrected chi connectivity index (χ1v) is 7.40. The molecule has 104 valence electrons. The Balaban J connectivity index is 2.26. The highest BCUT2D eigenvalue weighted by Crippen LogP contribution is 2.23. The van der Waals surface area contributed by atoms with E-state index in [4.69, 9.17) is 5.14 Å². The minimum atomic E-state index is -0.0778. The van der Waals surface area contributed by atoms with E-state index < -0.39 is 0 Å². The second-order valence-electron chi connectivity index (χ2n) is 4.56. The van der Waals surface area contributed by atoms with Gasteiger partial charge in [0.15, 0.2) is 0 Å². The summed E-state index contributed by atoms with van der Waals surface area (Å²) in [6.07, 6.45) is 0.845. The summed E-state index contributed by atoms with van der Waals surface area (Å²) in [7, 11) is 0. The van der Waals surface area contributed by atoms with E-state index in [0.717, 1.165) is 28.1 Å². The summed E-state index contributed by atoms with van der Waals surface area (Å²) in [6, 6.07) is 13.4. The van der Waals surface area contributed by atoms with E-state index in [2.05, 4.69) is 12.2 Å². The van der Waals surface area contributed by atoms with Crippen LogP contribution in [0.2, 0.25) is 0 Å². The number of hydrogen-bond donors (Lipinski definition) is 2. The van der Waals surface area contributed by atoms with Gasteiger partial charge in [-0.05, 0) is 60.7 Å². The van der Waals surface area contributed by atoms with E-state index in [1.165, 1.54) is 11.9 Å². The number of rotatable bonds is 4. The quantitative estimate of drug-likeness (QED) is 0.841. The molecule has 0 saturated heterocycles. The fraction of sp³-hybridized carbons (Fsp3) is 0.188. The third kappa shape index (κ3) is 3.21. The molecule has 2 aromatic carbocycles. The Kier molecular flexibility index (Phi) is 4.82. The molecule has 0 bridgehead atoms. The van der Waals surface area contributed by atoms with Gasteiger partial charge < -0.3 is 5.32 Å². The van der Waals surface area contributed by atoms with Crippen molar-refractivity contribution in [1.29, 1.82) is 0 Å². The highest BCUT2D eigenvalue weighted by atomic mass is 32.2. The number of nitrogens with two attached hydrogens (primary N) is 1. The van der Waals surface area contributed by atoms with Crippen LogP contribution in [0.5, 0.6) is 0 Å². The number of hydrogen-bond acceptors (Lipinski definition) is 3. The summed E-state index contributed by atoms with van der Waals surface area (Å²) in [6.45, 7) is 3.99. The van der Waals surface area contributed by atoms with Gasteiger partial charge in [0, 0.05) is 16.1 Å². The molecule has 0 spiro atoms. The van der Waals surface area contributed by atoms with Crippen LogP contribution in [0.1, 0.15) is 28.4 Å². The van der Waals surface area contributed by atoms with Gasteiger partial charge in [0.1, 0.15) is 0 Å². The number of carbonyl (C=O) groups is 1. The summed E-state index contributed by atoms with van der Waals surface area (Å²) < 4.78 is 0. The Labute approximate surface area is 123 Å². The van der Waals surface area contributed by atoms with Gasteiger partial charge in [-0.2, -0.15) is 0 Å². The average Bonchev–Trinajstić information content (AvgIpc) is 2.48. The molecule has 0 aromatic heterocycles. The fourth-order valence-corrected chi connectivity index (χ4v) is 2.43. The number of aryl methyl sites for hydroxylation is 2. The maximum atomic E-state index is 12.3. The average molecular weight is 286 g/mol. The van der Waals surface area contributed by atoms with Gasteiger partial charge in [-0.15, -0.1) is 0 Å². The van der Waals surface area contributed by atoms with Crippen LogP contribution in [0, 0.1) is 6.92 Å². The van der Waals surface area contributed by atoms with Crippen LogP contribution in [0.4, 0.5) is 5.69 Å². The smallest absolute Gasteiger partial charge is 0.255 e. The van der Waals surface area contributed by atoms with Crippen molar-refractivity contribution in [2.75, 3.05) is 5.32 Å². The van der Waals surface area contributed by atoms with E-state index in [0.29, 0.717) is 5.56 Å². The number of amides is 1. The fourth-order valence-electron chi connectivity index (χ4n) is 2.08. The van der Waals surface area contributed by atoms with E-state index in [1.807, 2.05) is 49.4 Å². The first kappa shape index (κ1) is 14.6. The Morgan fingerprint density at radius 3 is 2.65 bits per heavy atom. The topological polar surface area (TPSA) is 55.1 Å². The van der Waals surface area contributed by atoms with Crippen LogP contribution in [-0.2, 0) is 6.42 Å². The summed E-state index contributed by atoms with van der Waals surface area (Å²) in [4.78, 5) is 13.3. The van der Waals surface area contributed by atoms with Crippen LogP contribution in [-0.4, -0.2) is 5.91 Å². The maximum Gasteiger partial charge on any atom is 0.255 e. The number of benzene rings is 2. The zero-order valence-corrected chi connectivity index (χ0v) is 12.5. The molecule has 2 rings (SSSR count). The Hall–Kier alpha value is -1.78. The molecule has 0 unspecified atom stereocenters. The standard InChI is InChI=1S/C16H18N2OS/c1-3-12-10-13(20-17)8-9-15(12)18-16(19)14-7-5-4-6-11(14)2/h4-10H,3,17H2,1-2H3,(H,18,19). The predicted octanol–water partition coefficient (Wildman–Crippen LogP) is 3.78. The molecule has 0 radical (unpaired) electrons. The minimum Gasteiger partial charge on any atom is -0.322 e. The second kappa shape index (κ2) is 6.59. The van der Waals surface area contributed by atoms with Gasteiger partial charge in [0.2, 0.25) is 0 Å². The molecule has 0 heterocycles. The SMILES string of the molecule is CCc1cc(SN)ccc1NC(=O)c1ccccc1C. The molecular formula is C16H18N2OS. The molecule has 0 aliphatic heterocycles. The zero-order chi connectivity index (χ0) is 14.5. The normalized spacial score (nSPS) is 10.3. The van der Waals surface area contributed by atoms with E-state index >= 15 is 0 Å². The van der Waals surface area contributed by atoms with Gasteiger partial charge >= 0.3 is 0 Å². The third-order valence-electron chi connectivity index (χ3n) is 3.23. The van der Waals surface area contributed by atoms with Crippen LogP contribution >= 0.6 is 11.9 Å². The predicted molar refractivity (Wildman–Crippen MR) is 85.0 cm³/mol. The molecule has 0 saturated carbocycles. The van der Waals surface area contributed by atoms with Crippen LogP contribution < -0.4 is 10.5 Å². The molecule has 3 nitrogen and oxygen atoms in total. The molecule has 0 atom stereocenters. The Morgan fingerprint density at radius 2 is 2.00 bits per heavy atom. The lowest BCUT2D eigenvalue weighted by Crippen LogP contribution is -2.14. The van der Waals surface area contributed by atoms with Crippen molar-refractivity contribution in [2.24, 2.45) is 5.14 Å². The van der Waals surface area contributed by atoms with Crippen molar-refractivity contribution in [2.45, 2.75) is 25.2 Å². The summed E-state index contributed by atoms with van der Waals surface area (Å²) >= 11 is 1.21. The van der Waals surface area contributed by atoms with E-state index in [-0.39, 0.29) is 5.91 Å². The highest BCUT2D eigenvalue weighted by Gasteiger charge is 2.10. The summed E-state index contributed by atoms with van der Waals surface area (Å²) in [5, 5.41) is 8.55. The lowest BCUT2D eigenvalue weighted by atomic mass is 10.1. The summed E-state index contributed by atoms with van der Waals surface area (Å²) in [5.41, 5.74) is 3.60. The minimum absolute atomic E-state index is 0.0778. The highest BCUT2D eigenvalue weighted by molar-refractivity contribution is 7.97. The van der Waals surface area contributed by atoms with E-state index in [1.54, 1.807) is 0 Å². The Morgan fingerprint density at radius 1 is 1.25 bits per heavy atom. The lowest BCUT2D eigenvalue weighted by Gasteiger charge is -2.12. The first-order valence-electron chi connectivity index (χ1n) is 6.52. The van der Waals surface area contributed by atoms with Gasteiger partial charge in [-0.3, -0.25) is 9.93 Å². The lowest BCUT2D eigenvalue weighted by molar-refractivity contribution is 0.102. The number of nitrogens with one attached hydrogen (secondary N) is 1. The van der Waals surface area contributed by atoms with Crippen LogP contribution in [0.3, 0.4) is 0 Å². The molecule has 1 amide bonds. The third-order valence-corrected chi connectivity index (χ3v) is 3.76. The van der Waals surface area contributed by atoms with Crippen molar-refractivity contribution in [3.63, 3.8) is 0 Å². The second-order valence-corrected chi connectivity index (χ2v) is 5.27. The monoisotopic (exact) mass is 286 g/mol. The van der Waals surface area contributed by atoms with Crippen molar-refractivity contribution in [1.82, 2.24) is 0 Å². The van der Waals surface area contributed by atoms with Gasteiger partial charge in [-0.1, -0.05) is 25.1 Å². The number of anilines is 1. The summed E-state index contributed by atoms with van der Waals surface area (Å²) in [5.74, 6) is -0.0778. The van der Waals surface area contributed by atoms with Crippen LogP contribution in [0.15, 0.2) is 47.4 Å². The van der Waals surface area contributed by atoms with Gasteiger partial charge in [-0.25, -0.2) is 0 Å². The molecule has 4 heteroatoms. The molecule has 3 N–H and O–H groups in total. The largest absolute Gasteiger partial charge is 0.322 e. The maximum absolute atomic E-state index is 12.3. The molecule has 0 aliphatic carbocycles. The van der Waals surface area contributed by atoms with Crippen molar-refractivity contribution >= 4 is 23.5 Å². The zero-order valence-electron chi connectivity index (χ0n) is 11.6. The Bertz CT molecular complexity index is 626. The molecule has 0 fully saturated rings. The molecular weight excluding hydrogens is 268 g/mol. The van der Waals surface area contributed by atoms with Crippen molar-refractivity contribution < 1.29 is 4.79 Å².